The number of benzene rings is 1. The van der Waals surface area contributed by atoms with Crippen LogP contribution in [-0.4, -0.2) is 6.04 Å². The lowest BCUT2D eigenvalue weighted by molar-refractivity contribution is 0.551. The molecule has 0 heterocycles. The van der Waals surface area contributed by atoms with Crippen LogP contribution in [0.25, 0.3) is 6.08 Å². The van der Waals surface area contributed by atoms with Gasteiger partial charge in [0.1, 0.15) is 0 Å². The van der Waals surface area contributed by atoms with Crippen molar-refractivity contribution in [1.82, 2.24) is 0 Å². The fourth-order valence-corrected chi connectivity index (χ4v) is 2.01. The summed E-state index contributed by atoms with van der Waals surface area (Å²) in [7, 11) is 0. The van der Waals surface area contributed by atoms with E-state index < -0.39 is 0 Å². The second kappa shape index (κ2) is 4.29. The summed E-state index contributed by atoms with van der Waals surface area (Å²) < 4.78 is 0. The number of hydrogen-bond donors (Lipinski definition) is 1. The van der Waals surface area contributed by atoms with Crippen LogP contribution >= 0.6 is 0 Å². The van der Waals surface area contributed by atoms with Gasteiger partial charge in [0, 0.05) is 0 Å². The monoisotopic (exact) mass is 198 g/mol. The van der Waals surface area contributed by atoms with Crippen LogP contribution in [0.5, 0.6) is 0 Å². The molecule has 1 aliphatic carbocycles. The van der Waals surface area contributed by atoms with Crippen molar-refractivity contribution >= 4 is 6.08 Å². The minimum atomic E-state index is -0.343. The number of rotatable bonds is 2. The number of nitrogens with two attached hydrogens (primary N) is 1. The molecule has 2 heteroatoms. The highest BCUT2D eigenvalue weighted by Crippen LogP contribution is 2.24. The second-order valence-corrected chi connectivity index (χ2v) is 3.99. The minimum absolute atomic E-state index is 0.343. The van der Waals surface area contributed by atoms with Gasteiger partial charge in [0.2, 0.25) is 0 Å². The minimum Gasteiger partial charge on any atom is -0.316 e. The van der Waals surface area contributed by atoms with Crippen molar-refractivity contribution in [2.75, 3.05) is 0 Å². The van der Waals surface area contributed by atoms with Crippen molar-refractivity contribution in [2.45, 2.75) is 18.9 Å². The Labute approximate surface area is 90.0 Å². The molecule has 0 saturated heterocycles. The third-order valence-electron chi connectivity index (χ3n) is 2.81. The highest BCUT2D eigenvalue weighted by Gasteiger charge is 2.15. The molecule has 2 rings (SSSR count). The molecule has 0 radical (unpaired) electrons. The van der Waals surface area contributed by atoms with Crippen molar-refractivity contribution in [2.24, 2.45) is 11.7 Å². The van der Waals surface area contributed by atoms with Gasteiger partial charge in [-0.05, 0) is 29.9 Å². The van der Waals surface area contributed by atoms with Crippen LogP contribution in [0.4, 0.5) is 0 Å². The van der Waals surface area contributed by atoms with Crippen LogP contribution in [0.3, 0.4) is 0 Å². The molecule has 15 heavy (non-hydrogen) atoms. The molecule has 1 aliphatic rings. The summed E-state index contributed by atoms with van der Waals surface area (Å²) in [4.78, 5) is 0. The van der Waals surface area contributed by atoms with Crippen molar-refractivity contribution in [3.63, 3.8) is 0 Å². The zero-order valence-electron chi connectivity index (χ0n) is 8.56. The van der Waals surface area contributed by atoms with E-state index in [1.807, 2.05) is 6.07 Å². The van der Waals surface area contributed by atoms with Gasteiger partial charge in [-0.1, -0.05) is 36.4 Å². The molecule has 0 bridgehead atoms. The SMILES string of the molecule is N#CC(N)CC1C=Cc2ccccc2C1. The van der Waals surface area contributed by atoms with Gasteiger partial charge < -0.3 is 5.73 Å². The molecule has 0 fully saturated rings. The number of allylic oxidation sites excluding steroid dienone is 1. The maximum Gasteiger partial charge on any atom is 0.0933 e. The first-order valence-electron chi connectivity index (χ1n) is 5.21. The second-order valence-electron chi connectivity index (χ2n) is 3.99. The lowest BCUT2D eigenvalue weighted by Gasteiger charge is -2.19. The third-order valence-corrected chi connectivity index (χ3v) is 2.81. The van der Waals surface area contributed by atoms with E-state index in [1.54, 1.807) is 0 Å². The molecule has 1 aromatic rings. The largest absolute Gasteiger partial charge is 0.316 e. The van der Waals surface area contributed by atoms with Gasteiger partial charge in [0.15, 0.2) is 0 Å². The predicted molar refractivity (Wildman–Crippen MR) is 60.9 cm³/mol. The fourth-order valence-electron chi connectivity index (χ4n) is 2.01. The Bertz CT molecular complexity index is 415. The Morgan fingerprint density at radius 1 is 1.47 bits per heavy atom. The Morgan fingerprint density at radius 3 is 3.07 bits per heavy atom. The van der Waals surface area contributed by atoms with E-state index in [0.29, 0.717) is 5.92 Å². The lowest BCUT2D eigenvalue weighted by Crippen LogP contribution is -2.22. The van der Waals surface area contributed by atoms with E-state index in [4.69, 9.17) is 11.0 Å². The molecule has 0 amide bonds. The first-order valence-corrected chi connectivity index (χ1v) is 5.21. The van der Waals surface area contributed by atoms with Crippen LogP contribution < -0.4 is 5.73 Å². The van der Waals surface area contributed by atoms with Gasteiger partial charge in [-0.2, -0.15) is 5.26 Å². The summed E-state index contributed by atoms with van der Waals surface area (Å²) in [5, 5.41) is 8.66. The van der Waals surface area contributed by atoms with E-state index in [0.717, 1.165) is 12.8 Å². The van der Waals surface area contributed by atoms with Gasteiger partial charge >= 0.3 is 0 Å². The molecule has 2 nitrogen and oxygen atoms in total. The van der Waals surface area contributed by atoms with Crippen molar-refractivity contribution in [3.8, 4) is 6.07 Å². The van der Waals surface area contributed by atoms with Crippen molar-refractivity contribution in [3.05, 3.63) is 41.5 Å². The smallest absolute Gasteiger partial charge is 0.0933 e. The average molecular weight is 198 g/mol. The van der Waals surface area contributed by atoms with E-state index >= 15 is 0 Å². The standard InChI is InChI=1S/C13H14N2/c14-9-13(15)8-10-5-6-11-3-1-2-4-12(11)7-10/h1-6,10,13H,7-8,15H2. The summed E-state index contributed by atoms with van der Waals surface area (Å²) >= 11 is 0. The van der Waals surface area contributed by atoms with Crippen LogP contribution in [-0.2, 0) is 6.42 Å². The zero-order chi connectivity index (χ0) is 10.7. The highest BCUT2D eigenvalue weighted by atomic mass is 14.6. The quantitative estimate of drug-likeness (QED) is 0.791. The Morgan fingerprint density at radius 2 is 2.27 bits per heavy atom. The summed E-state index contributed by atoms with van der Waals surface area (Å²) in [5.74, 6) is 0.412. The number of nitriles is 1. The Balaban J connectivity index is 2.10. The van der Waals surface area contributed by atoms with Crippen molar-refractivity contribution in [1.29, 1.82) is 5.26 Å². The molecule has 1 aromatic carbocycles. The van der Waals surface area contributed by atoms with Crippen LogP contribution in [0.2, 0.25) is 0 Å². The van der Waals surface area contributed by atoms with E-state index in [1.165, 1.54) is 11.1 Å². The highest BCUT2D eigenvalue weighted by molar-refractivity contribution is 5.56. The van der Waals surface area contributed by atoms with E-state index in [9.17, 15) is 0 Å². The lowest BCUT2D eigenvalue weighted by atomic mass is 9.86. The van der Waals surface area contributed by atoms with E-state index in [-0.39, 0.29) is 6.04 Å². The fraction of sp³-hybridized carbons (Fsp3) is 0.308. The summed E-state index contributed by atoms with van der Waals surface area (Å²) in [6.45, 7) is 0. The molecule has 0 saturated carbocycles. The molecule has 0 aromatic heterocycles. The molecule has 0 spiro atoms. The average Bonchev–Trinajstić information content (AvgIpc) is 2.29. The van der Waals surface area contributed by atoms with Gasteiger partial charge in [0.05, 0.1) is 12.1 Å². The van der Waals surface area contributed by atoms with Gasteiger partial charge in [0.25, 0.3) is 0 Å². The Kier molecular flexibility index (Phi) is 2.84. The topological polar surface area (TPSA) is 49.8 Å². The summed E-state index contributed by atoms with van der Waals surface area (Å²) in [6.07, 6.45) is 6.05. The van der Waals surface area contributed by atoms with Crippen LogP contribution in [0, 0.1) is 17.2 Å². The van der Waals surface area contributed by atoms with Gasteiger partial charge in [-0.25, -0.2) is 0 Å². The van der Waals surface area contributed by atoms with Crippen molar-refractivity contribution < 1.29 is 0 Å². The number of nitrogens with zero attached hydrogens (tertiary/aromatic N) is 1. The molecular formula is C13H14N2. The summed E-state index contributed by atoms with van der Waals surface area (Å²) in [6, 6.07) is 10.1. The molecule has 0 aliphatic heterocycles. The number of fused-ring (bicyclic) bond motifs is 1. The van der Waals surface area contributed by atoms with Gasteiger partial charge in [-0.3, -0.25) is 0 Å². The predicted octanol–water partition coefficient (Wildman–Crippen LogP) is 2.11. The van der Waals surface area contributed by atoms with Crippen LogP contribution in [0.1, 0.15) is 17.5 Å². The first kappa shape index (κ1) is 9.95. The molecule has 2 N–H and O–H groups in total. The van der Waals surface area contributed by atoms with Gasteiger partial charge in [-0.15, -0.1) is 0 Å². The third kappa shape index (κ3) is 2.26. The first-order chi connectivity index (χ1) is 7.29. The van der Waals surface area contributed by atoms with E-state index in [2.05, 4.69) is 36.4 Å². The maximum atomic E-state index is 8.66. The van der Waals surface area contributed by atoms with Crippen LogP contribution in [0.15, 0.2) is 30.3 Å². The number of hydrogen-bond acceptors (Lipinski definition) is 2. The maximum absolute atomic E-state index is 8.66. The normalized spacial score (nSPS) is 20.4. The summed E-state index contributed by atoms with van der Waals surface area (Å²) in [5.41, 5.74) is 8.28. The Hall–Kier alpha value is -1.59. The zero-order valence-corrected chi connectivity index (χ0v) is 8.56. The molecule has 2 atom stereocenters. The molecule has 76 valence electrons. The molecular weight excluding hydrogens is 184 g/mol. The molecule has 2 unspecified atom stereocenters.